The van der Waals surface area contributed by atoms with E-state index in [1.165, 1.54) is 12.4 Å². The molecular weight excluding hydrogens is 296 g/mol. The average Bonchev–Trinajstić information content (AvgIpc) is 2.41. The van der Waals surface area contributed by atoms with Gasteiger partial charge in [0.2, 0.25) is 0 Å². The Balaban J connectivity index is 2.32. The lowest BCUT2D eigenvalue weighted by Crippen LogP contribution is -1.98. The standard InChI is InChI=1S/C12H9BrN4O/c1-18-11-6-8(2-3-9(11)13)17-12-10(7-14)15-4-5-16-12/h2-6H,1H3,(H,16,17). The average molecular weight is 305 g/mol. The highest BCUT2D eigenvalue weighted by Crippen LogP contribution is 2.29. The van der Waals surface area contributed by atoms with Gasteiger partial charge in [0.1, 0.15) is 11.8 Å². The van der Waals surface area contributed by atoms with Crippen LogP contribution in [0.3, 0.4) is 0 Å². The molecule has 1 N–H and O–H groups in total. The predicted molar refractivity (Wildman–Crippen MR) is 70.7 cm³/mol. The Hall–Kier alpha value is -2.13. The number of halogens is 1. The maximum absolute atomic E-state index is 8.92. The molecule has 0 fully saturated rings. The van der Waals surface area contributed by atoms with Crippen LogP contribution in [0, 0.1) is 11.3 Å². The van der Waals surface area contributed by atoms with Crippen molar-refractivity contribution in [2.75, 3.05) is 12.4 Å². The van der Waals surface area contributed by atoms with Crippen LogP contribution in [-0.2, 0) is 0 Å². The van der Waals surface area contributed by atoms with Gasteiger partial charge < -0.3 is 10.1 Å². The Morgan fingerprint density at radius 3 is 2.83 bits per heavy atom. The monoisotopic (exact) mass is 304 g/mol. The molecular formula is C12H9BrN4O. The first-order valence-electron chi connectivity index (χ1n) is 5.06. The zero-order valence-electron chi connectivity index (χ0n) is 9.51. The van der Waals surface area contributed by atoms with Crippen LogP contribution in [0.4, 0.5) is 11.5 Å². The van der Waals surface area contributed by atoms with Crippen molar-refractivity contribution in [3.05, 3.63) is 40.8 Å². The maximum Gasteiger partial charge on any atom is 0.183 e. The van der Waals surface area contributed by atoms with Crippen molar-refractivity contribution >= 4 is 27.4 Å². The molecule has 0 aliphatic carbocycles. The summed E-state index contributed by atoms with van der Waals surface area (Å²) in [7, 11) is 1.59. The first-order valence-corrected chi connectivity index (χ1v) is 5.85. The molecule has 0 radical (unpaired) electrons. The highest BCUT2D eigenvalue weighted by atomic mass is 79.9. The highest BCUT2D eigenvalue weighted by Gasteiger charge is 2.06. The molecule has 0 amide bonds. The van der Waals surface area contributed by atoms with Crippen molar-refractivity contribution in [3.8, 4) is 11.8 Å². The van der Waals surface area contributed by atoms with E-state index in [2.05, 4.69) is 31.2 Å². The smallest absolute Gasteiger partial charge is 0.183 e. The molecule has 0 unspecified atom stereocenters. The van der Waals surface area contributed by atoms with Crippen LogP contribution >= 0.6 is 15.9 Å². The third-order valence-corrected chi connectivity index (χ3v) is 2.87. The zero-order chi connectivity index (χ0) is 13.0. The molecule has 2 aromatic rings. The van der Waals surface area contributed by atoms with Crippen molar-refractivity contribution in [3.63, 3.8) is 0 Å². The lowest BCUT2D eigenvalue weighted by molar-refractivity contribution is 0.412. The van der Waals surface area contributed by atoms with Crippen LogP contribution in [0.2, 0.25) is 0 Å². The fourth-order valence-corrected chi connectivity index (χ4v) is 1.79. The molecule has 0 spiro atoms. The fraction of sp³-hybridized carbons (Fsp3) is 0.0833. The third-order valence-electron chi connectivity index (χ3n) is 2.22. The molecule has 1 aromatic carbocycles. The van der Waals surface area contributed by atoms with Crippen molar-refractivity contribution < 1.29 is 4.74 Å². The van der Waals surface area contributed by atoms with E-state index < -0.39 is 0 Å². The Morgan fingerprint density at radius 2 is 2.11 bits per heavy atom. The summed E-state index contributed by atoms with van der Waals surface area (Å²) in [6.45, 7) is 0. The number of hydrogen-bond acceptors (Lipinski definition) is 5. The molecule has 1 heterocycles. The molecule has 0 aliphatic rings. The minimum absolute atomic E-state index is 0.249. The van der Waals surface area contributed by atoms with Crippen LogP contribution in [0.1, 0.15) is 5.69 Å². The van der Waals surface area contributed by atoms with E-state index in [0.29, 0.717) is 11.6 Å². The predicted octanol–water partition coefficient (Wildman–Crippen LogP) is 2.86. The van der Waals surface area contributed by atoms with Gasteiger partial charge in [0.05, 0.1) is 11.6 Å². The Bertz CT molecular complexity index is 609. The Kier molecular flexibility index (Phi) is 3.75. The second kappa shape index (κ2) is 5.47. The normalized spacial score (nSPS) is 9.61. The molecule has 6 heteroatoms. The summed E-state index contributed by atoms with van der Waals surface area (Å²) in [6, 6.07) is 7.49. The van der Waals surface area contributed by atoms with Gasteiger partial charge in [-0.1, -0.05) is 0 Å². The number of nitriles is 1. The minimum Gasteiger partial charge on any atom is -0.495 e. The van der Waals surface area contributed by atoms with E-state index in [1.54, 1.807) is 13.2 Å². The van der Waals surface area contributed by atoms with Crippen LogP contribution in [0.25, 0.3) is 0 Å². The summed E-state index contributed by atoms with van der Waals surface area (Å²) in [5, 5.41) is 11.9. The number of ether oxygens (including phenoxy) is 1. The van der Waals surface area contributed by atoms with Gasteiger partial charge >= 0.3 is 0 Å². The number of nitrogens with zero attached hydrogens (tertiary/aromatic N) is 3. The summed E-state index contributed by atoms with van der Waals surface area (Å²) in [4.78, 5) is 8.00. The summed E-state index contributed by atoms with van der Waals surface area (Å²) in [5.41, 5.74) is 1.02. The van der Waals surface area contributed by atoms with Crippen molar-refractivity contribution in [1.29, 1.82) is 5.26 Å². The fourth-order valence-electron chi connectivity index (χ4n) is 1.39. The van der Waals surface area contributed by atoms with Gasteiger partial charge in [-0.25, -0.2) is 9.97 Å². The molecule has 18 heavy (non-hydrogen) atoms. The topological polar surface area (TPSA) is 70.8 Å². The van der Waals surface area contributed by atoms with Crippen molar-refractivity contribution in [2.24, 2.45) is 0 Å². The van der Waals surface area contributed by atoms with Crippen LogP contribution < -0.4 is 10.1 Å². The highest BCUT2D eigenvalue weighted by molar-refractivity contribution is 9.10. The molecule has 0 bridgehead atoms. The quantitative estimate of drug-likeness (QED) is 0.944. The Labute approximate surface area is 113 Å². The van der Waals surface area contributed by atoms with E-state index in [1.807, 2.05) is 18.2 Å². The zero-order valence-corrected chi connectivity index (χ0v) is 11.1. The molecule has 1 aromatic heterocycles. The first kappa shape index (κ1) is 12.3. The van der Waals surface area contributed by atoms with E-state index in [4.69, 9.17) is 10.00 Å². The van der Waals surface area contributed by atoms with Crippen LogP contribution in [0.5, 0.6) is 5.75 Å². The van der Waals surface area contributed by atoms with Gasteiger partial charge in [-0.15, -0.1) is 0 Å². The minimum atomic E-state index is 0.249. The SMILES string of the molecule is COc1cc(Nc2nccnc2C#N)ccc1Br. The molecule has 2 rings (SSSR count). The lowest BCUT2D eigenvalue weighted by atomic mass is 10.3. The van der Waals surface area contributed by atoms with Gasteiger partial charge in [0.25, 0.3) is 0 Å². The van der Waals surface area contributed by atoms with Gasteiger partial charge in [-0.3, -0.25) is 0 Å². The molecule has 90 valence electrons. The number of rotatable bonds is 3. The van der Waals surface area contributed by atoms with Gasteiger partial charge in [-0.05, 0) is 28.1 Å². The molecule has 0 saturated heterocycles. The molecule has 0 atom stereocenters. The molecule has 0 saturated carbocycles. The summed E-state index contributed by atoms with van der Waals surface area (Å²) >= 11 is 3.37. The second-order valence-electron chi connectivity index (χ2n) is 3.34. The van der Waals surface area contributed by atoms with Crippen LogP contribution in [0.15, 0.2) is 35.1 Å². The Morgan fingerprint density at radius 1 is 1.33 bits per heavy atom. The molecule has 5 nitrogen and oxygen atoms in total. The van der Waals surface area contributed by atoms with Crippen molar-refractivity contribution in [1.82, 2.24) is 9.97 Å². The summed E-state index contributed by atoms with van der Waals surface area (Å²) < 4.78 is 6.05. The van der Waals surface area contributed by atoms with E-state index in [-0.39, 0.29) is 5.69 Å². The van der Waals surface area contributed by atoms with Gasteiger partial charge in [0.15, 0.2) is 11.5 Å². The number of aromatic nitrogens is 2. The van der Waals surface area contributed by atoms with Gasteiger partial charge in [-0.2, -0.15) is 5.26 Å². The molecule has 0 aliphatic heterocycles. The number of methoxy groups -OCH3 is 1. The van der Waals surface area contributed by atoms with Gasteiger partial charge in [0, 0.05) is 24.1 Å². The maximum atomic E-state index is 8.92. The number of nitrogens with one attached hydrogen (secondary N) is 1. The van der Waals surface area contributed by atoms with E-state index in [0.717, 1.165) is 10.2 Å². The van der Waals surface area contributed by atoms with E-state index in [9.17, 15) is 0 Å². The van der Waals surface area contributed by atoms with E-state index >= 15 is 0 Å². The summed E-state index contributed by atoms with van der Waals surface area (Å²) in [6.07, 6.45) is 3.01. The van der Waals surface area contributed by atoms with Crippen LogP contribution in [-0.4, -0.2) is 17.1 Å². The number of anilines is 2. The lowest BCUT2D eigenvalue weighted by Gasteiger charge is -2.09. The largest absolute Gasteiger partial charge is 0.495 e. The second-order valence-corrected chi connectivity index (χ2v) is 4.19. The van der Waals surface area contributed by atoms with Crippen molar-refractivity contribution in [2.45, 2.75) is 0 Å². The number of benzene rings is 1. The number of hydrogen-bond donors (Lipinski definition) is 1. The third kappa shape index (κ3) is 2.57. The first-order chi connectivity index (χ1) is 8.74. The summed E-state index contributed by atoms with van der Waals surface area (Å²) in [5.74, 6) is 1.12.